The van der Waals surface area contributed by atoms with Crippen LogP contribution < -0.4 is 16.0 Å². The van der Waals surface area contributed by atoms with E-state index in [1.807, 2.05) is 12.1 Å². The average Bonchev–Trinajstić information content (AvgIpc) is 3.46. The van der Waals surface area contributed by atoms with Crippen LogP contribution in [0.25, 0.3) is 10.1 Å². The smallest absolute Gasteiger partial charge is 0.287 e. The van der Waals surface area contributed by atoms with Crippen molar-refractivity contribution in [1.82, 2.24) is 24.6 Å². The fourth-order valence-electron chi connectivity index (χ4n) is 4.17. The lowest BCUT2D eigenvalue weighted by molar-refractivity contribution is -0.123. The van der Waals surface area contributed by atoms with Crippen LogP contribution in [-0.2, 0) is 22.1 Å². The highest BCUT2D eigenvalue weighted by atomic mass is 35.5. The van der Waals surface area contributed by atoms with Gasteiger partial charge in [-0.3, -0.25) is 18.6 Å². The molecule has 4 aromatic rings. The van der Waals surface area contributed by atoms with Crippen LogP contribution in [-0.4, -0.2) is 54.4 Å². The molecule has 2 atom stereocenters. The Morgan fingerprint density at radius 3 is 2.84 bits per heavy atom. The van der Waals surface area contributed by atoms with Crippen LogP contribution in [0.1, 0.15) is 38.4 Å². The van der Waals surface area contributed by atoms with Gasteiger partial charge in [0.1, 0.15) is 18.1 Å². The molecule has 0 fully saturated rings. The number of amides is 3. The van der Waals surface area contributed by atoms with E-state index in [0.29, 0.717) is 5.39 Å². The van der Waals surface area contributed by atoms with Gasteiger partial charge in [0.2, 0.25) is 11.7 Å². The van der Waals surface area contributed by atoms with E-state index in [1.165, 1.54) is 29.0 Å². The zero-order valence-electron chi connectivity index (χ0n) is 19.8. The molecule has 1 aliphatic rings. The predicted octanol–water partition coefficient (Wildman–Crippen LogP) is 2.87. The lowest BCUT2D eigenvalue weighted by atomic mass is 10.0. The fraction of sp³-hybridized carbons (Fsp3) is 0.208. The Morgan fingerprint density at radius 1 is 1.26 bits per heavy atom. The van der Waals surface area contributed by atoms with Crippen LogP contribution in [0.5, 0.6) is 0 Å². The van der Waals surface area contributed by atoms with Crippen molar-refractivity contribution in [1.29, 1.82) is 0 Å². The highest BCUT2D eigenvalue weighted by Crippen LogP contribution is 2.36. The van der Waals surface area contributed by atoms with Gasteiger partial charge in [-0.15, -0.1) is 0 Å². The number of halogens is 2. The van der Waals surface area contributed by atoms with Gasteiger partial charge in [-0.05, 0) is 35.8 Å². The van der Waals surface area contributed by atoms with E-state index in [0.717, 1.165) is 16.2 Å². The number of carbonyl (C=O) groups is 3. The third-order valence-electron chi connectivity index (χ3n) is 5.86. The lowest BCUT2D eigenvalue weighted by Crippen LogP contribution is -2.41. The second-order valence-electron chi connectivity index (χ2n) is 8.44. The van der Waals surface area contributed by atoms with Gasteiger partial charge in [0.15, 0.2) is 5.82 Å². The monoisotopic (exact) mass is 574 g/mol. The zero-order chi connectivity index (χ0) is 27.0. The Bertz CT molecular complexity index is 1620. The third kappa shape index (κ3) is 5.04. The summed E-state index contributed by atoms with van der Waals surface area (Å²) in [6.45, 7) is -0.161. The van der Waals surface area contributed by atoms with E-state index in [1.54, 1.807) is 12.1 Å². The minimum Gasteiger partial charge on any atom is -0.348 e. The Kier molecular flexibility index (Phi) is 7.23. The van der Waals surface area contributed by atoms with E-state index < -0.39 is 40.4 Å². The summed E-state index contributed by atoms with van der Waals surface area (Å²) in [5.74, 6) is -2.18. The Labute approximate surface area is 227 Å². The number of anilines is 1. The summed E-state index contributed by atoms with van der Waals surface area (Å²) in [5.41, 5.74) is 0.641. The number of fused-ring (bicyclic) bond motifs is 2. The summed E-state index contributed by atoms with van der Waals surface area (Å²) < 4.78 is 32.1. The van der Waals surface area contributed by atoms with Gasteiger partial charge >= 0.3 is 0 Å². The quantitative estimate of drug-likeness (QED) is 0.311. The SMILES string of the molecule is C[S@@](=O)CCNC(=O)c1nc(NC(=O)c2nsc3ccccc23)c2n1CC(=O)N[C@H]2c1cc(F)ccc1Cl. The molecule has 0 radical (unpaired) electrons. The number of benzene rings is 2. The second kappa shape index (κ2) is 10.6. The molecule has 2 aromatic carbocycles. The fourth-order valence-corrected chi connectivity index (χ4v) is 5.56. The molecule has 0 bridgehead atoms. The standard InChI is InChI=1S/C24H20ClFN6O4S2/c1-38(36)9-8-27-24(35)22-29-21(30-23(34)19-13-4-2-3-5-16(13)37-31-19)20-18(28-17(33)11-32(20)22)14-10-12(26)6-7-15(14)25/h2-7,10,18H,8-9,11H2,1H3,(H,27,35)(H,28,33)(H,30,34)/t18-,38+/m0/s1. The second-order valence-corrected chi connectivity index (χ2v) is 11.2. The maximum atomic E-state index is 14.2. The normalized spacial score (nSPS) is 15.6. The van der Waals surface area contributed by atoms with Crippen molar-refractivity contribution in [3.63, 3.8) is 0 Å². The molecule has 0 saturated heterocycles. The zero-order valence-corrected chi connectivity index (χ0v) is 22.2. The summed E-state index contributed by atoms with van der Waals surface area (Å²) in [6.07, 6.45) is 1.51. The number of nitrogens with zero attached hydrogens (tertiary/aromatic N) is 3. The van der Waals surface area contributed by atoms with Gasteiger partial charge in [0.05, 0.1) is 16.4 Å². The van der Waals surface area contributed by atoms with E-state index in [9.17, 15) is 23.0 Å². The molecule has 14 heteroatoms. The van der Waals surface area contributed by atoms with Gasteiger partial charge in [-0.25, -0.2) is 9.37 Å². The Hall–Kier alpha value is -3.68. The van der Waals surface area contributed by atoms with Gasteiger partial charge in [0, 0.05) is 45.3 Å². The molecule has 3 heterocycles. The maximum absolute atomic E-state index is 14.2. The molecule has 0 saturated carbocycles. The van der Waals surface area contributed by atoms with E-state index in [2.05, 4.69) is 25.3 Å². The molecule has 1 aliphatic heterocycles. The lowest BCUT2D eigenvalue weighted by Gasteiger charge is -2.28. The number of hydrogen-bond acceptors (Lipinski definition) is 7. The summed E-state index contributed by atoms with van der Waals surface area (Å²) in [4.78, 5) is 43.4. The van der Waals surface area contributed by atoms with Gasteiger partial charge in [-0.1, -0.05) is 29.8 Å². The van der Waals surface area contributed by atoms with Crippen LogP contribution in [0.4, 0.5) is 10.2 Å². The number of carbonyl (C=O) groups excluding carboxylic acids is 3. The van der Waals surface area contributed by atoms with E-state index in [-0.39, 0.29) is 52.5 Å². The minimum absolute atomic E-state index is 0.0124. The van der Waals surface area contributed by atoms with Crippen molar-refractivity contribution >= 4 is 67.6 Å². The minimum atomic E-state index is -1.13. The summed E-state index contributed by atoms with van der Waals surface area (Å²) in [7, 11) is -1.13. The van der Waals surface area contributed by atoms with Gasteiger partial charge in [-0.2, -0.15) is 4.37 Å². The largest absolute Gasteiger partial charge is 0.348 e. The molecule has 2 aromatic heterocycles. The van der Waals surface area contributed by atoms with Crippen molar-refractivity contribution in [3.05, 3.63) is 76.1 Å². The van der Waals surface area contributed by atoms with Crippen molar-refractivity contribution in [2.24, 2.45) is 0 Å². The molecule has 3 amide bonds. The summed E-state index contributed by atoms with van der Waals surface area (Å²) in [6, 6.07) is 9.92. The molecule has 196 valence electrons. The van der Waals surface area contributed by atoms with Crippen molar-refractivity contribution in [2.75, 3.05) is 23.9 Å². The predicted molar refractivity (Wildman–Crippen MR) is 142 cm³/mol. The van der Waals surface area contributed by atoms with E-state index >= 15 is 0 Å². The van der Waals surface area contributed by atoms with Crippen LogP contribution >= 0.6 is 23.1 Å². The first-order chi connectivity index (χ1) is 18.2. The molecule has 0 spiro atoms. The van der Waals surface area contributed by atoms with Crippen LogP contribution in [0, 0.1) is 5.82 Å². The van der Waals surface area contributed by atoms with Crippen molar-refractivity contribution < 1.29 is 23.0 Å². The molecular weight excluding hydrogens is 555 g/mol. The van der Waals surface area contributed by atoms with Crippen molar-refractivity contribution in [2.45, 2.75) is 12.6 Å². The van der Waals surface area contributed by atoms with Crippen LogP contribution in [0.3, 0.4) is 0 Å². The number of aromatic nitrogens is 3. The van der Waals surface area contributed by atoms with Crippen LogP contribution in [0.2, 0.25) is 5.02 Å². The molecule has 3 N–H and O–H groups in total. The summed E-state index contributed by atoms with van der Waals surface area (Å²) in [5, 5.41) is 8.93. The van der Waals surface area contributed by atoms with Gasteiger partial charge < -0.3 is 20.5 Å². The first-order valence-corrected chi connectivity index (χ1v) is 14.2. The Morgan fingerprint density at radius 2 is 2.05 bits per heavy atom. The van der Waals surface area contributed by atoms with Gasteiger partial charge in [0.25, 0.3) is 11.8 Å². The highest BCUT2D eigenvalue weighted by Gasteiger charge is 2.36. The first kappa shape index (κ1) is 25.9. The number of nitrogens with one attached hydrogen (secondary N) is 3. The first-order valence-electron chi connectivity index (χ1n) is 11.3. The number of rotatable bonds is 7. The topological polar surface area (TPSA) is 135 Å². The molecule has 38 heavy (non-hydrogen) atoms. The summed E-state index contributed by atoms with van der Waals surface area (Å²) >= 11 is 7.53. The van der Waals surface area contributed by atoms with E-state index in [4.69, 9.17) is 11.6 Å². The Balaban J connectivity index is 1.60. The molecule has 10 nitrogen and oxygen atoms in total. The van der Waals surface area contributed by atoms with Crippen molar-refractivity contribution in [3.8, 4) is 0 Å². The maximum Gasteiger partial charge on any atom is 0.287 e. The molecule has 5 rings (SSSR count). The molecule has 0 unspecified atom stereocenters. The third-order valence-corrected chi connectivity index (χ3v) is 7.81. The number of hydrogen-bond donors (Lipinski definition) is 3. The molecular formula is C24H20ClFN6O4S2. The highest BCUT2D eigenvalue weighted by molar-refractivity contribution is 7.84. The average molecular weight is 575 g/mol. The van der Waals surface area contributed by atoms with Crippen LogP contribution in [0.15, 0.2) is 42.5 Å². The molecule has 0 aliphatic carbocycles. The number of imidazole rings is 1.